The summed E-state index contributed by atoms with van der Waals surface area (Å²) in [5.41, 5.74) is 2.50. The second kappa shape index (κ2) is 7.19. The molecular formula is C18H26N4O4. The lowest BCUT2D eigenvalue weighted by Crippen LogP contribution is -2.33. The van der Waals surface area contributed by atoms with Crippen LogP contribution in [0.1, 0.15) is 44.0 Å². The SMILES string of the molecule is Cc1ncc2c(c1OC(=O)C1CC1CO/N=N/N(C)C(C)(C)C)COC2. The van der Waals surface area contributed by atoms with E-state index < -0.39 is 0 Å². The predicted octanol–water partition coefficient (Wildman–Crippen LogP) is 2.99. The van der Waals surface area contributed by atoms with Crippen molar-refractivity contribution in [3.8, 4) is 5.75 Å². The number of hydrogen-bond acceptors (Lipinski definition) is 7. The third-order valence-electron chi connectivity index (χ3n) is 4.82. The molecule has 0 N–H and O–H groups in total. The van der Waals surface area contributed by atoms with E-state index in [0.29, 0.717) is 31.3 Å². The largest absolute Gasteiger partial charge is 0.424 e. The maximum atomic E-state index is 12.4. The third-order valence-corrected chi connectivity index (χ3v) is 4.82. The van der Waals surface area contributed by atoms with Crippen LogP contribution >= 0.6 is 0 Å². The fourth-order valence-electron chi connectivity index (χ4n) is 2.60. The highest BCUT2D eigenvalue weighted by Gasteiger charge is 2.45. The van der Waals surface area contributed by atoms with E-state index in [1.165, 1.54) is 0 Å². The van der Waals surface area contributed by atoms with Crippen LogP contribution in [0, 0.1) is 18.8 Å². The Balaban J connectivity index is 1.48. The first kappa shape index (κ1) is 18.6. The van der Waals surface area contributed by atoms with Crippen molar-refractivity contribution in [2.24, 2.45) is 22.3 Å². The van der Waals surface area contributed by atoms with Gasteiger partial charge in [-0.1, -0.05) is 0 Å². The molecule has 1 saturated carbocycles. The molecule has 2 atom stereocenters. The Morgan fingerprint density at radius 3 is 2.92 bits per heavy atom. The summed E-state index contributed by atoms with van der Waals surface area (Å²) in [6.45, 7) is 9.25. The molecule has 0 spiro atoms. The number of hydrogen-bond donors (Lipinski definition) is 0. The molecule has 26 heavy (non-hydrogen) atoms. The van der Waals surface area contributed by atoms with Crippen LogP contribution in [0.3, 0.4) is 0 Å². The molecule has 2 heterocycles. The zero-order valence-corrected chi connectivity index (χ0v) is 16.0. The van der Waals surface area contributed by atoms with Crippen molar-refractivity contribution in [1.29, 1.82) is 0 Å². The summed E-state index contributed by atoms with van der Waals surface area (Å²) in [5, 5.41) is 9.43. The lowest BCUT2D eigenvalue weighted by Gasteiger charge is -2.26. The molecule has 1 fully saturated rings. The Labute approximate surface area is 153 Å². The molecule has 0 aromatic carbocycles. The summed E-state index contributed by atoms with van der Waals surface area (Å²) in [5.74, 6) is 0.251. The number of carbonyl (C=O) groups is 1. The van der Waals surface area contributed by atoms with E-state index in [-0.39, 0.29) is 23.3 Å². The number of aryl methyl sites for hydroxylation is 1. The number of nitrogens with zero attached hydrogens (tertiary/aromatic N) is 4. The molecule has 0 bridgehead atoms. The standard InChI is InChI=1S/C18H26N4O4/c1-11-16(15-10-24-8-13(15)7-19-11)26-17(23)14-6-12(14)9-25-21-20-22(5)18(2,3)4/h7,12,14H,6,8-10H2,1-5H3/b21-20+. The second-order valence-electron chi connectivity index (χ2n) is 7.85. The number of carbonyl (C=O) groups excluding carboxylic acids is 1. The van der Waals surface area contributed by atoms with E-state index in [4.69, 9.17) is 14.3 Å². The van der Waals surface area contributed by atoms with Crippen molar-refractivity contribution < 1.29 is 19.1 Å². The van der Waals surface area contributed by atoms with Crippen LogP contribution in [-0.4, -0.2) is 35.2 Å². The molecule has 8 heteroatoms. The van der Waals surface area contributed by atoms with Crippen molar-refractivity contribution in [1.82, 2.24) is 9.99 Å². The summed E-state index contributed by atoms with van der Waals surface area (Å²) in [4.78, 5) is 21.9. The molecule has 0 amide bonds. The van der Waals surface area contributed by atoms with Crippen LogP contribution in [0.25, 0.3) is 0 Å². The van der Waals surface area contributed by atoms with Gasteiger partial charge >= 0.3 is 5.97 Å². The molecule has 0 saturated heterocycles. The van der Waals surface area contributed by atoms with Gasteiger partial charge in [-0.05, 0) is 39.3 Å². The lowest BCUT2D eigenvalue weighted by atomic mass is 10.1. The first-order valence-corrected chi connectivity index (χ1v) is 8.81. The van der Waals surface area contributed by atoms with Crippen LogP contribution in [0.2, 0.25) is 0 Å². The zero-order valence-electron chi connectivity index (χ0n) is 16.0. The number of ether oxygens (including phenoxy) is 2. The Bertz CT molecular complexity index is 714. The maximum absolute atomic E-state index is 12.4. The van der Waals surface area contributed by atoms with Gasteiger partial charge in [0, 0.05) is 35.6 Å². The quantitative estimate of drug-likeness (QED) is 0.439. The highest BCUT2D eigenvalue weighted by molar-refractivity contribution is 5.78. The van der Waals surface area contributed by atoms with Crippen molar-refractivity contribution >= 4 is 5.97 Å². The van der Waals surface area contributed by atoms with Crippen molar-refractivity contribution in [3.63, 3.8) is 0 Å². The average molecular weight is 362 g/mol. The summed E-state index contributed by atoms with van der Waals surface area (Å²) in [7, 11) is 1.84. The molecule has 2 unspecified atom stereocenters. The molecule has 3 rings (SSSR count). The van der Waals surface area contributed by atoms with Gasteiger partial charge in [0.1, 0.15) is 6.61 Å². The zero-order chi connectivity index (χ0) is 18.9. The molecule has 2 aliphatic rings. The van der Waals surface area contributed by atoms with Gasteiger partial charge in [0.25, 0.3) is 0 Å². The predicted molar refractivity (Wildman–Crippen MR) is 93.0 cm³/mol. The van der Waals surface area contributed by atoms with E-state index in [1.807, 2.05) is 34.7 Å². The van der Waals surface area contributed by atoms with Gasteiger partial charge in [0.15, 0.2) is 5.75 Å². The van der Waals surface area contributed by atoms with Crippen molar-refractivity contribution in [2.75, 3.05) is 13.7 Å². The van der Waals surface area contributed by atoms with Crippen LogP contribution in [0.15, 0.2) is 16.7 Å². The second-order valence-corrected chi connectivity index (χ2v) is 7.85. The highest BCUT2D eigenvalue weighted by atomic mass is 16.6. The smallest absolute Gasteiger partial charge is 0.314 e. The fraction of sp³-hybridized carbons (Fsp3) is 0.667. The molecule has 1 aliphatic carbocycles. The van der Waals surface area contributed by atoms with E-state index in [2.05, 4.69) is 15.5 Å². The summed E-state index contributed by atoms with van der Waals surface area (Å²) < 4.78 is 11.1. The van der Waals surface area contributed by atoms with Gasteiger partial charge in [-0.3, -0.25) is 14.8 Å². The molecule has 8 nitrogen and oxygen atoms in total. The van der Waals surface area contributed by atoms with Gasteiger partial charge in [-0.2, -0.15) is 0 Å². The van der Waals surface area contributed by atoms with Gasteiger partial charge in [0.05, 0.1) is 30.4 Å². The maximum Gasteiger partial charge on any atom is 0.314 e. The highest BCUT2D eigenvalue weighted by Crippen LogP contribution is 2.41. The Morgan fingerprint density at radius 1 is 1.42 bits per heavy atom. The molecule has 1 aromatic heterocycles. The Kier molecular flexibility index (Phi) is 5.13. The third kappa shape index (κ3) is 4.12. The number of rotatable bonds is 6. The molecule has 0 radical (unpaired) electrons. The Hall–Kier alpha value is -2.22. The monoisotopic (exact) mass is 362 g/mol. The minimum atomic E-state index is -0.243. The van der Waals surface area contributed by atoms with E-state index in [9.17, 15) is 4.79 Å². The minimum absolute atomic E-state index is 0.114. The summed E-state index contributed by atoms with van der Waals surface area (Å²) in [6, 6.07) is 0. The molecule has 1 aliphatic heterocycles. The first-order valence-electron chi connectivity index (χ1n) is 8.81. The number of fused-ring (bicyclic) bond motifs is 1. The van der Waals surface area contributed by atoms with Crippen LogP contribution in [0.4, 0.5) is 0 Å². The minimum Gasteiger partial charge on any atom is -0.424 e. The van der Waals surface area contributed by atoms with Gasteiger partial charge in [-0.15, -0.1) is 0 Å². The summed E-state index contributed by atoms with van der Waals surface area (Å²) >= 11 is 0. The van der Waals surface area contributed by atoms with E-state index in [0.717, 1.165) is 17.5 Å². The lowest BCUT2D eigenvalue weighted by molar-refractivity contribution is -0.136. The van der Waals surface area contributed by atoms with Crippen molar-refractivity contribution in [2.45, 2.75) is 52.9 Å². The van der Waals surface area contributed by atoms with Gasteiger partial charge in [0.2, 0.25) is 0 Å². The van der Waals surface area contributed by atoms with Gasteiger partial charge < -0.3 is 14.3 Å². The molecule has 142 valence electrons. The van der Waals surface area contributed by atoms with Crippen LogP contribution in [0.5, 0.6) is 5.75 Å². The first-order chi connectivity index (χ1) is 12.3. The summed E-state index contributed by atoms with van der Waals surface area (Å²) in [6.07, 6.45) is 2.52. The van der Waals surface area contributed by atoms with E-state index >= 15 is 0 Å². The molecule has 1 aromatic rings. The number of aromatic nitrogens is 1. The topological polar surface area (TPSA) is 85.6 Å². The van der Waals surface area contributed by atoms with Crippen LogP contribution < -0.4 is 4.74 Å². The number of esters is 1. The van der Waals surface area contributed by atoms with Crippen molar-refractivity contribution in [3.05, 3.63) is 23.0 Å². The average Bonchev–Trinajstić information content (AvgIpc) is 3.19. The number of pyridine rings is 1. The normalized spacial score (nSPS) is 21.6. The van der Waals surface area contributed by atoms with Gasteiger partial charge in [-0.25, -0.2) is 0 Å². The molecular weight excluding hydrogens is 336 g/mol. The van der Waals surface area contributed by atoms with E-state index in [1.54, 1.807) is 11.2 Å². The Morgan fingerprint density at radius 2 is 2.19 bits per heavy atom. The van der Waals surface area contributed by atoms with Crippen LogP contribution in [-0.2, 0) is 27.6 Å². The fourth-order valence-corrected chi connectivity index (χ4v) is 2.60.